The number of amides is 1. The zero-order valence-corrected chi connectivity index (χ0v) is 15.5. The molecule has 0 aromatic carbocycles. The number of aliphatic imine (C=N–C) groups is 1. The Bertz CT molecular complexity index is 407. The van der Waals surface area contributed by atoms with E-state index in [1.807, 2.05) is 6.92 Å². The van der Waals surface area contributed by atoms with Gasteiger partial charge in [0.25, 0.3) is 0 Å². The van der Waals surface area contributed by atoms with Crippen molar-refractivity contribution in [3.05, 3.63) is 0 Å². The van der Waals surface area contributed by atoms with Crippen LogP contribution in [0.25, 0.3) is 0 Å². The molecule has 0 spiro atoms. The third kappa shape index (κ3) is 9.65. The molecule has 0 aromatic heterocycles. The Morgan fingerprint density at radius 2 is 2.12 bits per heavy atom. The third-order valence-corrected chi connectivity index (χ3v) is 4.20. The first-order valence-electron chi connectivity index (χ1n) is 9.79. The summed E-state index contributed by atoms with van der Waals surface area (Å²) < 4.78 is 11.2. The minimum absolute atomic E-state index is 0.152. The van der Waals surface area contributed by atoms with E-state index in [1.165, 1.54) is 0 Å². The molecule has 2 aliphatic rings. The zero-order valence-electron chi connectivity index (χ0n) is 15.5. The van der Waals surface area contributed by atoms with Gasteiger partial charge in [-0.05, 0) is 45.4 Å². The van der Waals surface area contributed by atoms with Gasteiger partial charge in [-0.2, -0.15) is 0 Å². The van der Waals surface area contributed by atoms with Crippen LogP contribution in [0.15, 0.2) is 4.99 Å². The second-order valence-electron chi connectivity index (χ2n) is 6.70. The van der Waals surface area contributed by atoms with Crippen LogP contribution < -0.4 is 16.0 Å². The molecule has 0 aromatic rings. The first kappa shape index (κ1) is 20.0. The van der Waals surface area contributed by atoms with Gasteiger partial charge in [0.2, 0.25) is 5.91 Å². The Morgan fingerprint density at radius 3 is 2.84 bits per heavy atom. The van der Waals surface area contributed by atoms with Gasteiger partial charge in [0.15, 0.2) is 5.96 Å². The molecule has 1 unspecified atom stereocenters. The maximum absolute atomic E-state index is 11.6. The number of carbonyl (C=O) groups is 1. The van der Waals surface area contributed by atoms with Gasteiger partial charge in [0.1, 0.15) is 0 Å². The molecule has 0 bridgehead atoms. The number of nitrogens with one attached hydrogen (secondary N) is 3. The number of ether oxygens (including phenoxy) is 2. The van der Waals surface area contributed by atoms with Crippen molar-refractivity contribution in [3.8, 4) is 0 Å². The van der Waals surface area contributed by atoms with Crippen LogP contribution >= 0.6 is 0 Å². The molecule has 0 radical (unpaired) electrons. The van der Waals surface area contributed by atoms with Gasteiger partial charge in [-0.1, -0.05) is 0 Å². The Kier molecular flexibility index (Phi) is 9.66. The summed E-state index contributed by atoms with van der Waals surface area (Å²) in [4.78, 5) is 16.1. The van der Waals surface area contributed by atoms with Crippen LogP contribution in [0.3, 0.4) is 0 Å². The minimum Gasteiger partial charge on any atom is -0.379 e. The first-order chi connectivity index (χ1) is 12.3. The van der Waals surface area contributed by atoms with Crippen molar-refractivity contribution in [2.45, 2.75) is 64.0 Å². The summed E-state index contributed by atoms with van der Waals surface area (Å²) in [6.45, 7) is 6.65. The number of nitrogens with zero attached hydrogens (tertiary/aromatic N) is 1. The summed E-state index contributed by atoms with van der Waals surface area (Å²) in [6.07, 6.45) is 7.10. The normalized spacial score (nSPS) is 20.5. The Labute approximate surface area is 151 Å². The lowest BCUT2D eigenvalue weighted by Crippen LogP contribution is -2.38. The van der Waals surface area contributed by atoms with Crippen molar-refractivity contribution in [2.75, 3.05) is 39.5 Å². The maximum Gasteiger partial charge on any atom is 0.220 e. The molecule has 1 atom stereocenters. The number of carbonyl (C=O) groups excluding carboxylic acids is 1. The van der Waals surface area contributed by atoms with Gasteiger partial charge < -0.3 is 25.4 Å². The van der Waals surface area contributed by atoms with Crippen molar-refractivity contribution in [2.24, 2.45) is 4.99 Å². The zero-order chi connectivity index (χ0) is 17.7. The molecule has 7 heteroatoms. The largest absolute Gasteiger partial charge is 0.379 e. The van der Waals surface area contributed by atoms with Crippen molar-refractivity contribution >= 4 is 11.9 Å². The quantitative estimate of drug-likeness (QED) is 0.278. The Morgan fingerprint density at radius 1 is 1.24 bits per heavy atom. The molecule has 1 heterocycles. The SMILES string of the molecule is CCNC(=NCCCC(=O)NC1CC1)NCCCOCC1CCCO1. The third-order valence-electron chi connectivity index (χ3n) is 4.20. The lowest BCUT2D eigenvalue weighted by atomic mass is 10.2. The van der Waals surface area contributed by atoms with Crippen LogP contribution in [0.1, 0.15) is 51.9 Å². The highest BCUT2D eigenvalue weighted by atomic mass is 16.5. The fraction of sp³-hybridized carbons (Fsp3) is 0.889. The average Bonchev–Trinajstić information content (AvgIpc) is 3.25. The van der Waals surface area contributed by atoms with E-state index in [0.717, 1.165) is 70.8 Å². The van der Waals surface area contributed by atoms with Crippen LogP contribution in [-0.4, -0.2) is 63.5 Å². The summed E-state index contributed by atoms with van der Waals surface area (Å²) in [6, 6.07) is 0.442. The lowest BCUT2D eigenvalue weighted by molar-refractivity contribution is -0.121. The number of hydrogen-bond acceptors (Lipinski definition) is 4. The topological polar surface area (TPSA) is 84.0 Å². The predicted octanol–water partition coefficient (Wildman–Crippen LogP) is 1.19. The monoisotopic (exact) mass is 354 g/mol. The number of guanidine groups is 1. The van der Waals surface area contributed by atoms with Crippen molar-refractivity contribution in [1.82, 2.24) is 16.0 Å². The Balaban J connectivity index is 1.48. The van der Waals surface area contributed by atoms with Gasteiger partial charge >= 0.3 is 0 Å². The minimum atomic E-state index is 0.152. The molecule has 1 aliphatic carbocycles. The summed E-state index contributed by atoms with van der Waals surface area (Å²) in [5.74, 6) is 0.961. The van der Waals surface area contributed by atoms with E-state index < -0.39 is 0 Å². The van der Waals surface area contributed by atoms with Crippen molar-refractivity contribution in [3.63, 3.8) is 0 Å². The maximum atomic E-state index is 11.6. The van der Waals surface area contributed by atoms with Crippen LogP contribution in [0.2, 0.25) is 0 Å². The van der Waals surface area contributed by atoms with E-state index in [-0.39, 0.29) is 5.91 Å². The molecule has 2 rings (SSSR count). The Hall–Kier alpha value is -1.34. The van der Waals surface area contributed by atoms with Crippen molar-refractivity contribution < 1.29 is 14.3 Å². The standard InChI is InChI=1S/C18H34N4O3/c1-2-19-18(20-10-3-7-17(23)22-15-8-9-15)21-11-5-12-24-14-16-6-4-13-25-16/h15-16H,2-14H2,1H3,(H,22,23)(H2,19,20,21). The molecule has 1 aliphatic heterocycles. The summed E-state index contributed by atoms with van der Waals surface area (Å²) >= 11 is 0. The van der Waals surface area contributed by atoms with E-state index in [0.29, 0.717) is 31.7 Å². The fourth-order valence-electron chi connectivity index (χ4n) is 2.67. The van der Waals surface area contributed by atoms with Gasteiger partial charge in [0, 0.05) is 45.3 Å². The highest BCUT2D eigenvalue weighted by Gasteiger charge is 2.22. The van der Waals surface area contributed by atoms with E-state index in [9.17, 15) is 4.79 Å². The lowest BCUT2D eigenvalue weighted by Gasteiger charge is -2.12. The second-order valence-corrected chi connectivity index (χ2v) is 6.70. The number of hydrogen-bond donors (Lipinski definition) is 3. The molecule has 1 saturated heterocycles. The first-order valence-corrected chi connectivity index (χ1v) is 9.79. The van der Waals surface area contributed by atoms with Crippen molar-refractivity contribution in [1.29, 1.82) is 0 Å². The van der Waals surface area contributed by atoms with Crippen LogP contribution in [0, 0.1) is 0 Å². The fourth-order valence-corrected chi connectivity index (χ4v) is 2.67. The van der Waals surface area contributed by atoms with E-state index in [2.05, 4.69) is 20.9 Å². The van der Waals surface area contributed by atoms with E-state index in [4.69, 9.17) is 9.47 Å². The van der Waals surface area contributed by atoms with Gasteiger partial charge in [0.05, 0.1) is 12.7 Å². The summed E-state index contributed by atoms with van der Waals surface area (Å²) in [7, 11) is 0. The second kappa shape index (κ2) is 12.1. The van der Waals surface area contributed by atoms with Crippen LogP contribution in [0.5, 0.6) is 0 Å². The van der Waals surface area contributed by atoms with Crippen LogP contribution in [-0.2, 0) is 14.3 Å². The van der Waals surface area contributed by atoms with Gasteiger partial charge in [-0.15, -0.1) is 0 Å². The molecule has 1 saturated carbocycles. The smallest absolute Gasteiger partial charge is 0.220 e. The molecule has 1 amide bonds. The molecule has 3 N–H and O–H groups in total. The predicted molar refractivity (Wildman–Crippen MR) is 98.8 cm³/mol. The highest BCUT2D eigenvalue weighted by Crippen LogP contribution is 2.18. The highest BCUT2D eigenvalue weighted by molar-refractivity contribution is 5.79. The molecule has 25 heavy (non-hydrogen) atoms. The van der Waals surface area contributed by atoms with E-state index >= 15 is 0 Å². The number of rotatable bonds is 12. The van der Waals surface area contributed by atoms with Gasteiger partial charge in [-0.25, -0.2) is 0 Å². The molecule has 144 valence electrons. The average molecular weight is 354 g/mol. The van der Waals surface area contributed by atoms with Crippen LogP contribution in [0.4, 0.5) is 0 Å². The van der Waals surface area contributed by atoms with Gasteiger partial charge in [-0.3, -0.25) is 9.79 Å². The van der Waals surface area contributed by atoms with E-state index in [1.54, 1.807) is 0 Å². The molecule has 2 fully saturated rings. The molecular weight excluding hydrogens is 320 g/mol. The summed E-state index contributed by atoms with van der Waals surface area (Å²) in [5, 5.41) is 9.53. The molecule has 7 nitrogen and oxygen atoms in total. The summed E-state index contributed by atoms with van der Waals surface area (Å²) in [5.41, 5.74) is 0. The molecular formula is C18H34N4O3.